The van der Waals surface area contributed by atoms with Crippen LogP contribution in [0.4, 0.5) is 5.69 Å². The molecule has 0 aliphatic carbocycles. The standard InChI is InChI=1S/C15H27NOSi/c1-12(2)18(13(3)4,14(5)6)17-16-15-10-8-7-9-11-15/h7-14,16H,1-6H3. The number of nitrogens with one attached hydrogen (secondary N) is 1. The fourth-order valence-electron chi connectivity index (χ4n) is 3.01. The Morgan fingerprint density at radius 2 is 1.28 bits per heavy atom. The van der Waals surface area contributed by atoms with E-state index in [4.69, 9.17) is 4.53 Å². The van der Waals surface area contributed by atoms with E-state index in [-0.39, 0.29) is 0 Å². The minimum atomic E-state index is -1.82. The monoisotopic (exact) mass is 265 g/mol. The minimum Gasteiger partial charge on any atom is -0.321 e. The molecule has 0 unspecified atom stereocenters. The number of para-hydroxylation sites is 1. The van der Waals surface area contributed by atoms with Gasteiger partial charge < -0.3 is 4.53 Å². The van der Waals surface area contributed by atoms with E-state index in [1.165, 1.54) is 0 Å². The second-order valence-corrected chi connectivity index (χ2v) is 11.3. The molecular formula is C15H27NOSi. The lowest BCUT2D eigenvalue weighted by Crippen LogP contribution is -2.49. The van der Waals surface area contributed by atoms with Crippen molar-refractivity contribution in [1.82, 2.24) is 0 Å². The van der Waals surface area contributed by atoms with E-state index in [1.54, 1.807) is 0 Å². The molecule has 1 aromatic carbocycles. The number of anilines is 1. The zero-order valence-corrected chi connectivity index (χ0v) is 13.5. The lowest BCUT2D eigenvalue weighted by atomic mass is 10.3. The van der Waals surface area contributed by atoms with Gasteiger partial charge >= 0.3 is 0 Å². The maximum absolute atomic E-state index is 6.29. The van der Waals surface area contributed by atoms with Crippen molar-refractivity contribution in [3.63, 3.8) is 0 Å². The van der Waals surface area contributed by atoms with Crippen LogP contribution in [0.2, 0.25) is 16.6 Å². The molecule has 0 aromatic heterocycles. The van der Waals surface area contributed by atoms with Crippen LogP contribution in [0.3, 0.4) is 0 Å². The maximum atomic E-state index is 6.29. The largest absolute Gasteiger partial charge is 0.321 e. The molecule has 0 aliphatic rings. The smallest absolute Gasteiger partial charge is 0.236 e. The SMILES string of the molecule is CC(C)[Si](ONc1ccccc1)(C(C)C)C(C)C. The van der Waals surface area contributed by atoms with E-state index in [9.17, 15) is 0 Å². The summed E-state index contributed by atoms with van der Waals surface area (Å²) in [5, 5.41) is 0. The number of hydrogen-bond donors (Lipinski definition) is 1. The highest BCUT2D eigenvalue weighted by Crippen LogP contribution is 2.42. The second-order valence-electron chi connectivity index (χ2n) is 5.89. The predicted molar refractivity (Wildman–Crippen MR) is 82.2 cm³/mol. The van der Waals surface area contributed by atoms with Crippen LogP contribution in [0.1, 0.15) is 41.5 Å². The van der Waals surface area contributed by atoms with Crippen LogP contribution in [0.25, 0.3) is 0 Å². The molecule has 1 rings (SSSR count). The quantitative estimate of drug-likeness (QED) is 0.563. The highest BCUT2D eigenvalue weighted by molar-refractivity contribution is 6.77. The highest BCUT2D eigenvalue weighted by atomic mass is 28.4. The molecule has 102 valence electrons. The van der Waals surface area contributed by atoms with E-state index < -0.39 is 8.32 Å². The molecule has 0 atom stereocenters. The minimum absolute atomic E-state index is 0.591. The second kappa shape index (κ2) is 6.39. The van der Waals surface area contributed by atoms with Crippen molar-refractivity contribution in [2.75, 3.05) is 5.48 Å². The molecule has 0 saturated carbocycles. The van der Waals surface area contributed by atoms with E-state index >= 15 is 0 Å². The number of rotatable bonds is 6. The number of hydrogen-bond acceptors (Lipinski definition) is 2. The normalized spacial score (nSPS) is 12.5. The highest BCUT2D eigenvalue weighted by Gasteiger charge is 2.46. The van der Waals surface area contributed by atoms with Crippen LogP contribution in [0.15, 0.2) is 30.3 Å². The van der Waals surface area contributed by atoms with Crippen molar-refractivity contribution in [1.29, 1.82) is 0 Å². The summed E-state index contributed by atoms with van der Waals surface area (Å²) < 4.78 is 6.29. The van der Waals surface area contributed by atoms with Crippen LogP contribution in [-0.4, -0.2) is 8.32 Å². The molecule has 3 heteroatoms. The van der Waals surface area contributed by atoms with Crippen LogP contribution in [0.5, 0.6) is 0 Å². The van der Waals surface area contributed by atoms with E-state index in [0.29, 0.717) is 16.6 Å². The van der Waals surface area contributed by atoms with Crippen molar-refractivity contribution in [3.8, 4) is 0 Å². The van der Waals surface area contributed by atoms with Crippen LogP contribution >= 0.6 is 0 Å². The Labute approximate surface area is 113 Å². The fourth-order valence-corrected chi connectivity index (χ4v) is 8.01. The van der Waals surface area contributed by atoms with Gasteiger partial charge in [0.1, 0.15) is 0 Å². The Hall–Kier alpha value is -0.803. The molecule has 0 spiro atoms. The summed E-state index contributed by atoms with van der Waals surface area (Å²) in [6.45, 7) is 13.7. The summed E-state index contributed by atoms with van der Waals surface area (Å²) in [7, 11) is -1.82. The third-order valence-corrected chi connectivity index (χ3v) is 9.70. The van der Waals surface area contributed by atoms with Gasteiger partial charge in [-0.1, -0.05) is 59.7 Å². The average Bonchev–Trinajstić information content (AvgIpc) is 2.29. The summed E-state index contributed by atoms with van der Waals surface area (Å²) in [6, 6.07) is 10.1. The third kappa shape index (κ3) is 3.15. The van der Waals surface area contributed by atoms with Gasteiger partial charge in [-0.05, 0) is 28.8 Å². The first kappa shape index (κ1) is 15.3. The number of benzene rings is 1. The van der Waals surface area contributed by atoms with Crippen LogP contribution < -0.4 is 5.48 Å². The maximum Gasteiger partial charge on any atom is 0.236 e. The van der Waals surface area contributed by atoms with Gasteiger partial charge in [0.15, 0.2) is 0 Å². The molecule has 2 nitrogen and oxygen atoms in total. The summed E-state index contributed by atoms with van der Waals surface area (Å²) in [5.41, 5.74) is 6.00. The lowest BCUT2D eigenvalue weighted by Gasteiger charge is -2.41. The molecular weight excluding hydrogens is 238 g/mol. The van der Waals surface area contributed by atoms with Gasteiger partial charge in [0.05, 0.1) is 5.69 Å². The van der Waals surface area contributed by atoms with Gasteiger partial charge in [0, 0.05) is 0 Å². The van der Waals surface area contributed by atoms with Crippen molar-refractivity contribution in [3.05, 3.63) is 30.3 Å². The Morgan fingerprint density at radius 3 is 1.67 bits per heavy atom. The zero-order chi connectivity index (χ0) is 13.8. The summed E-state index contributed by atoms with van der Waals surface area (Å²) in [6.07, 6.45) is 0. The van der Waals surface area contributed by atoms with Gasteiger partial charge in [-0.3, -0.25) is 5.48 Å². The van der Waals surface area contributed by atoms with Gasteiger partial charge in [0.2, 0.25) is 8.32 Å². The van der Waals surface area contributed by atoms with Gasteiger partial charge in [-0.2, -0.15) is 0 Å². The molecule has 1 N–H and O–H groups in total. The molecule has 0 bridgehead atoms. The molecule has 1 aromatic rings. The first-order valence-electron chi connectivity index (χ1n) is 6.90. The van der Waals surface area contributed by atoms with Crippen molar-refractivity contribution in [2.45, 2.75) is 58.2 Å². The molecule has 18 heavy (non-hydrogen) atoms. The zero-order valence-electron chi connectivity index (χ0n) is 12.5. The molecule has 0 fully saturated rings. The van der Waals surface area contributed by atoms with Crippen LogP contribution in [-0.2, 0) is 4.53 Å². The Balaban J connectivity index is 2.86. The Bertz CT molecular complexity index is 327. The van der Waals surface area contributed by atoms with Crippen molar-refractivity contribution in [2.24, 2.45) is 0 Å². The summed E-state index contributed by atoms with van der Waals surface area (Å²) in [4.78, 5) is 0. The molecule has 0 heterocycles. The van der Waals surface area contributed by atoms with Crippen molar-refractivity contribution < 1.29 is 4.53 Å². The van der Waals surface area contributed by atoms with Crippen LogP contribution in [0, 0.1) is 0 Å². The van der Waals surface area contributed by atoms with Gasteiger partial charge in [0.25, 0.3) is 0 Å². The van der Waals surface area contributed by atoms with E-state index in [2.05, 4.69) is 47.0 Å². The first-order chi connectivity index (χ1) is 8.41. The molecule has 0 aliphatic heterocycles. The third-order valence-electron chi connectivity index (χ3n) is 3.83. The fraction of sp³-hybridized carbons (Fsp3) is 0.600. The molecule has 0 amide bonds. The molecule has 0 radical (unpaired) electrons. The van der Waals surface area contributed by atoms with E-state index in [0.717, 1.165) is 5.69 Å². The van der Waals surface area contributed by atoms with E-state index in [1.807, 2.05) is 30.3 Å². The molecule has 0 saturated heterocycles. The summed E-state index contributed by atoms with van der Waals surface area (Å²) >= 11 is 0. The Morgan fingerprint density at radius 1 is 0.833 bits per heavy atom. The van der Waals surface area contributed by atoms with Crippen molar-refractivity contribution >= 4 is 14.0 Å². The topological polar surface area (TPSA) is 21.3 Å². The lowest BCUT2D eigenvalue weighted by molar-refractivity contribution is 0.353. The van der Waals surface area contributed by atoms with Gasteiger partial charge in [-0.15, -0.1) is 0 Å². The predicted octanol–water partition coefficient (Wildman–Crippen LogP) is 5.21. The summed E-state index contributed by atoms with van der Waals surface area (Å²) in [5.74, 6) is 0. The van der Waals surface area contributed by atoms with Gasteiger partial charge in [-0.25, -0.2) is 0 Å². The Kier molecular flexibility index (Phi) is 5.41. The first-order valence-corrected chi connectivity index (χ1v) is 9.04. The average molecular weight is 265 g/mol.